The third kappa shape index (κ3) is 5.06. The predicted octanol–water partition coefficient (Wildman–Crippen LogP) is 2.11. The van der Waals surface area contributed by atoms with Crippen LogP contribution in [0.3, 0.4) is 0 Å². The Bertz CT molecular complexity index is 150. The number of nitrogens with one attached hydrogen (secondary N) is 1. The second-order valence-corrected chi connectivity index (χ2v) is 3.91. The van der Waals surface area contributed by atoms with Crippen LogP contribution in [0.5, 0.6) is 0 Å². The van der Waals surface area contributed by atoms with Crippen molar-refractivity contribution in [3.63, 3.8) is 0 Å². The molecule has 0 aliphatic heterocycles. The van der Waals surface area contributed by atoms with Crippen molar-refractivity contribution >= 4 is 0 Å². The van der Waals surface area contributed by atoms with Crippen LogP contribution in [-0.4, -0.2) is 25.8 Å². The molecule has 2 nitrogen and oxygen atoms in total. The molecule has 0 unspecified atom stereocenters. The smallest absolute Gasteiger partial charge is 0.0594 e. The minimum atomic E-state index is 0.548. The molecule has 2 heteroatoms. The summed E-state index contributed by atoms with van der Waals surface area (Å²) < 4.78 is 5.69. The molecule has 0 saturated heterocycles. The first-order valence-electron chi connectivity index (χ1n) is 5.26. The van der Waals surface area contributed by atoms with Crippen LogP contribution < -0.4 is 5.32 Å². The van der Waals surface area contributed by atoms with E-state index in [0.717, 1.165) is 19.7 Å². The van der Waals surface area contributed by atoms with E-state index in [1.54, 1.807) is 0 Å². The van der Waals surface area contributed by atoms with Gasteiger partial charge in [-0.3, -0.25) is 0 Å². The van der Waals surface area contributed by atoms with Crippen molar-refractivity contribution in [2.75, 3.05) is 19.7 Å². The zero-order valence-corrected chi connectivity index (χ0v) is 8.64. The molecule has 1 saturated carbocycles. The van der Waals surface area contributed by atoms with Gasteiger partial charge in [0.15, 0.2) is 0 Å². The average Bonchev–Trinajstić information content (AvgIpc) is 2.55. The summed E-state index contributed by atoms with van der Waals surface area (Å²) in [5, 5.41) is 3.28. The van der Waals surface area contributed by atoms with Crippen LogP contribution in [0.4, 0.5) is 0 Å². The van der Waals surface area contributed by atoms with E-state index >= 15 is 0 Å². The fourth-order valence-corrected chi connectivity index (χ4v) is 1.65. The van der Waals surface area contributed by atoms with Crippen molar-refractivity contribution in [2.24, 2.45) is 0 Å². The van der Waals surface area contributed by atoms with Gasteiger partial charge in [0.05, 0.1) is 12.7 Å². The molecular formula is C11H21NO. The molecule has 0 radical (unpaired) electrons. The van der Waals surface area contributed by atoms with Crippen LogP contribution in [0.1, 0.15) is 32.6 Å². The van der Waals surface area contributed by atoms with Crippen molar-refractivity contribution in [3.05, 3.63) is 12.2 Å². The summed E-state index contributed by atoms with van der Waals surface area (Å²) in [4.78, 5) is 0. The van der Waals surface area contributed by atoms with Crippen LogP contribution in [0.25, 0.3) is 0 Å². The summed E-state index contributed by atoms with van der Waals surface area (Å²) in [6.07, 6.45) is 5.78. The van der Waals surface area contributed by atoms with Crippen molar-refractivity contribution in [1.29, 1.82) is 0 Å². The third-order valence-corrected chi connectivity index (χ3v) is 2.36. The second kappa shape index (κ2) is 6.17. The van der Waals surface area contributed by atoms with Gasteiger partial charge >= 0.3 is 0 Å². The molecule has 1 aliphatic rings. The highest BCUT2D eigenvalue weighted by Crippen LogP contribution is 2.20. The lowest BCUT2D eigenvalue weighted by atomic mass is 10.3. The predicted molar refractivity (Wildman–Crippen MR) is 55.9 cm³/mol. The van der Waals surface area contributed by atoms with Crippen LogP contribution in [0, 0.1) is 0 Å². The molecule has 0 aromatic heterocycles. The lowest BCUT2D eigenvalue weighted by Gasteiger charge is -2.11. The number of hydrogen-bond acceptors (Lipinski definition) is 2. The standard InChI is InChI=1S/C11H21NO/c1-10(2)9-12-7-8-13-11-5-3-4-6-11/h11-12H,1,3-9H2,2H3. The summed E-state index contributed by atoms with van der Waals surface area (Å²) in [5.41, 5.74) is 1.18. The summed E-state index contributed by atoms with van der Waals surface area (Å²) >= 11 is 0. The van der Waals surface area contributed by atoms with E-state index in [-0.39, 0.29) is 0 Å². The highest BCUT2D eigenvalue weighted by Gasteiger charge is 2.14. The number of ether oxygens (including phenoxy) is 1. The van der Waals surface area contributed by atoms with Gasteiger partial charge in [-0.2, -0.15) is 0 Å². The molecule has 0 atom stereocenters. The third-order valence-electron chi connectivity index (χ3n) is 2.36. The van der Waals surface area contributed by atoms with E-state index < -0.39 is 0 Å². The van der Waals surface area contributed by atoms with Crippen LogP contribution >= 0.6 is 0 Å². The Kier molecular flexibility index (Phi) is 5.09. The topological polar surface area (TPSA) is 21.3 Å². The molecule has 1 fully saturated rings. The SMILES string of the molecule is C=C(C)CNCCOC1CCCC1. The summed E-state index contributed by atoms with van der Waals surface area (Å²) in [6.45, 7) is 8.56. The molecule has 0 heterocycles. The molecule has 0 aromatic carbocycles. The van der Waals surface area contributed by atoms with E-state index in [9.17, 15) is 0 Å². The molecule has 0 spiro atoms. The normalized spacial score (nSPS) is 17.9. The molecule has 13 heavy (non-hydrogen) atoms. The van der Waals surface area contributed by atoms with Crippen molar-refractivity contribution < 1.29 is 4.74 Å². The first-order valence-corrected chi connectivity index (χ1v) is 5.26. The maximum absolute atomic E-state index is 5.69. The zero-order valence-electron chi connectivity index (χ0n) is 8.64. The Morgan fingerprint density at radius 1 is 1.46 bits per heavy atom. The summed E-state index contributed by atoms with van der Waals surface area (Å²) in [6, 6.07) is 0. The maximum Gasteiger partial charge on any atom is 0.0594 e. The van der Waals surface area contributed by atoms with Crippen molar-refractivity contribution in [1.82, 2.24) is 5.32 Å². The van der Waals surface area contributed by atoms with Gasteiger partial charge in [0.25, 0.3) is 0 Å². The minimum absolute atomic E-state index is 0.548. The summed E-state index contributed by atoms with van der Waals surface area (Å²) in [5.74, 6) is 0. The number of hydrogen-bond donors (Lipinski definition) is 1. The monoisotopic (exact) mass is 183 g/mol. The molecule has 1 aliphatic carbocycles. The van der Waals surface area contributed by atoms with Crippen LogP contribution in [-0.2, 0) is 4.74 Å². The highest BCUT2D eigenvalue weighted by atomic mass is 16.5. The fourth-order valence-electron chi connectivity index (χ4n) is 1.65. The van der Waals surface area contributed by atoms with E-state index in [0.29, 0.717) is 6.10 Å². The molecule has 76 valence electrons. The van der Waals surface area contributed by atoms with Crippen molar-refractivity contribution in [2.45, 2.75) is 38.7 Å². The zero-order chi connectivity index (χ0) is 9.52. The van der Waals surface area contributed by atoms with Crippen LogP contribution in [0.2, 0.25) is 0 Å². The van der Waals surface area contributed by atoms with Crippen LogP contribution in [0.15, 0.2) is 12.2 Å². The average molecular weight is 183 g/mol. The maximum atomic E-state index is 5.69. The first-order chi connectivity index (χ1) is 6.29. The van der Waals surface area contributed by atoms with E-state index in [1.807, 2.05) is 6.92 Å². The van der Waals surface area contributed by atoms with Gasteiger partial charge in [0.2, 0.25) is 0 Å². The van der Waals surface area contributed by atoms with Gasteiger partial charge in [-0.05, 0) is 19.8 Å². The molecule has 0 bridgehead atoms. The van der Waals surface area contributed by atoms with Gasteiger partial charge < -0.3 is 10.1 Å². The summed E-state index contributed by atoms with van der Waals surface area (Å²) in [7, 11) is 0. The van der Waals surface area contributed by atoms with E-state index in [2.05, 4.69) is 11.9 Å². The second-order valence-electron chi connectivity index (χ2n) is 3.91. The van der Waals surface area contributed by atoms with Gasteiger partial charge in [-0.25, -0.2) is 0 Å². The number of rotatable bonds is 6. The Hall–Kier alpha value is -0.340. The lowest BCUT2D eigenvalue weighted by molar-refractivity contribution is 0.0607. The largest absolute Gasteiger partial charge is 0.377 e. The Labute approximate surface area is 81.4 Å². The molecular weight excluding hydrogens is 162 g/mol. The molecule has 0 amide bonds. The molecule has 0 aromatic rings. The quantitative estimate of drug-likeness (QED) is 0.503. The molecule has 1 N–H and O–H groups in total. The first kappa shape index (κ1) is 10.7. The minimum Gasteiger partial charge on any atom is -0.377 e. The Morgan fingerprint density at radius 2 is 2.15 bits per heavy atom. The lowest BCUT2D eigenvalue weighted by Crippen LogP contribution is -2.23. The van der Waals surface area contributed by atoms with Gasteiger partial charge in [-0.1, -0.05) is 25.0 Å². The molecule has 1 rings (SSSR count). The van der Waals surface area contributed by atoms with Gasteiger partial charge in [0.1, 0.15) is 0 Å². The fraction of sp³-hybridized carbons (Fsp3) is 0.818. The highest BCUT2D eigenvalue weighted by molar-refractivity contribution is 4.90. The van der Waals surface area contributed by atoms with Gasteiger partial charge in [0, 0.05) is 13.1 Å². The van der Waals surface area contributed by atoms with Crippen molar-refractivity contribution in [3.8, 4) is 0 Å². The van der Waals surface area contributed by atoms with E-state index in [1.165, 1.54) is 31.3 Å². The Balaban J connectivity index is 1.86. The van der Waals surface area contributed by atoms with Gasteiger partial charge in [-0.15, -0.1) is 0 Å². The van der Waals surface area contributed by atoms with E-state index in [4.69, 9.17) is 4.74 Å². The Morgan fingerprint density at radius 3 is 2.77 bits per heavy atom.